The zero-order chi connectivity index (χ0) is 52.8. The zero-order valence-corrected chi connectivity index (χ0v) is 40.1. The Balaban J connectivity index is 2.95. The van der Waals surface area contributed by atoms with Crippen LogP contribution in [-0.4, -0.2) is 212 Å². The van der Waals surface area contributed by atoms with Gasteiger partial charge in [-0.15, -0.1) is 0 Å². The van der Waals surface area contributed by atoms with Crippen molar-refractivity contribution in [2.45, 2.75) is 109 Å². The number of amides is 6. The van der Waals surface area contributed by atoms with Crippen LogP contribution in [0.3, 0.4) is 0 Å². The molecule has 388 valence electrons. The van der Waals surface area contributed by atoms with E-state index in [0.717, 1.165) is 9.80 Å². The van der Waals surface area contributed by atoms with Crippen LogP contribution in [-0.2, 0) is 22.4 Å². The first kappa shape index (κ1) is 59.9. The largest absolute Gasteiger partial charge is 0.394 e. The van der Waals surface area contributed by atoms with E-state index in [1.165, 1.54) is 41.8 Å². The molecule has 0 radical (unpaired) electrons. The molecule has 8 atom stereocenters. The van der Waals surface area contributed by atoms with E-state index in [-0.39, 0.29) is 79.9 Å². The van der Waals surface area contributed by atoms with E-state index in [0.29, 0.717) is 0 Å². The minimum Gasteiger partial charge on any atom is -0.394 e. The Kier molecular flexibility index (Phi) is 23.7. The molecule has 6 amide bonds. The second-order valence-electron chi connectivity index (χ2n) is 16.5. The second-order valence-corrected chi connectivity index (χ2v) is 16.5. The van der Waals surface area contributed by atoms with Crippen molar-refractivity contribution < 1.29 is 90.0 Å². The third-order valence-corrected chi connectivity index (χ3v) is 12.1. The summed E-state index contributed by atoms with van der Waals surface area (Å²) in [4.78, 5) is 87.1. The molecule has 0 spiro atoms. The van der Waals surface area contributed by atoms with Gasteiger partial charge in [-0.1, -0.05) is 13.8 Å². The minimum absolute atomic E-state index is 0.000976. The lowest BCUT2D eigenvalue weighted by Crippen LogP contribution is -2.49. The number of hydrogen-bond donors (Lipinski definition) is 16. The Labute approximate surface area is 399 Å². The fraction of sp³-hybridized carbons (Fsp3) is 0.600. The quantitative estimate of drug-likeness (QED) is 0.0392. The monoisotopic (exact) mass is 982 g/mol. The smallest absolute Gasteiger partial charge is 0.252 e. The van der Waals surface area contributed by atoms with Crippen molar-refractivity contribution in [1.29, 1.82) is 0 Å². The van der Waals surface area contributed by atoms with Crippen LogP contribution in [0.1, 0.15) is 95.1 Å². The van der Waals surface area contributed by atoms with E-state index >= 15 is 0 Å². The first-order valence-electron chi connectivity index (χ1n) is 22.2. The molecule has 0 bridgehead atoms. The highest BCUT2D eigenvalue weighted by atomic mass is 16.3. The van der Waals surface area contributed by atoms with Gasteiger partial charge in [0.25, 0.3) is 23.6 Å². The van der Waals surface area contributed by atoms with Gasteiger partial charge in [0.2, 0.25) is 11.8 Å². The highest BCUT2D eigenvalue weighted by Crippen LogP contribution is 2.37. The number of rotatable bonds is 26. The highest BCUT2D eigenvalue weighted by Gasteiger charge is 2.36. The molecule has 69 heavy (non-hydrogen) atoms. The van der Waals surface area contributed by atoms with Gasteiger partial charge in [-0.2, -0.15) is 0 Å². The first-order chi connectivity index (χ1) is 32.5. The van der Waals surface area contributed by atoms with Crippen molar-refractivity contribution >= 4 is 46.8 Å². The lowest BCUT2D eigenvalue weighted by molar-refractivity contribution is -0.126. The second kappa shape index (κ2) is 27.2. The maximum absolute atomic E-state index is 14.4. The predicted molar refractivity (Wildman–Crippen MR) is 248 cm³/mol. The summed E-state index contributed by atoms with van der Waals surface area (Å²) >= 11 is 0. The highest BCUT2D eigenvalue weighted by molar-refractivity contribution is 6.14. The van der Waals surface area contributed by atoms with Crippen LogP contribution in [0.25, 0.3) is 0 Å². The minimum atomic E-state index is -1.62. The molecule has 0 aromatic heterocycles. The molecule has 0 fully saturated rings. The Bertz CT molecular complexity index is 2010. The summed E-state index contributed by atoms with van der Waals surface area (Å²) in [6.45, 7) is 2.18. The lowest BCUT2D eigenvalue weighted by atomic mass is 9.87. The average molecular weight is 983 g/mol. The Morgan fingerprint density at radius 2 is 0.638 bits per heavy atom. The molecule has 2 rings (SSSR count). The summed E-state index contributed by atoms with van der Waals surface area (Å²) < 4.78 is 0. The summed E-state index contributed by atoms with van der Waals surface area (Å²) in [7, 11) is 2.51. The van der Waals surface area contributed by atoms with Crippen LogP contribution < -0.4 is 31.1 Å². The van der Waals surface area contributed by atoms with Gasteiger partial charge < -0.3 is 92.3 Å². The van der Waals surface area contributed by atoms with E-state index in [1.54, 1.807) is 13.8 Å². The van der Waals surface area contributed by atoms with Crippen molar-refractivity contribution in [3.63, 3.8) is 0 Å². The molecule has 0 aliphatic carbocycles. The standard InChI is InChI=1S/C45H70N6O18/c1-9-24-38(44(68)48-28(14-54)32(62)18-58)20(3)36(42(66)46-26(12-52)30(60)16-56)22(5)40(24)50(7)34(64)11-35(65)51(8)41-23(6)37(43(67)47-27(13-53)31(61)17-57)21(4)39(25(41)10-2)45(69)49-29(15-55)33(63)19-59/h26-33,52-63H,9-19H2,1-8H3,(H,46,66)(H,47,67)(H,48,68)(H,49,69). The summed E-state index contributed by atoms with van der Waals surface area (Å²) in [5.74, 6) is -5.68. The normalized spacial score (nSPS) is 14.9. The Hall–Kier alpha value is -5.22. The van der Waals surface area contributed by atoms with Crippen LogP contribution in [0.2, 0.25) is 0 Å². The Morgan fingerprint density at radius 1 is 0.406 bits per heavy atom. The maximum Gasteiger partial charge on any atom is 0.252 e. The van der Waals surface area contributed by atoms with Crippen LogP contribution in [0.15, 0.2) is 0 Å². The third kappa shape index (κ3) is 13.6. The van der Waals surface area contributed by atoms with Crippen molar-refractivity contribution in [2.24, 2.45) is 0 Å². The zero-order valence-electron chi connectivity index (χ0n) is 40.1. The summed E-state index contributed by atoms with van der Waals surface area (Å²) in [5.41, 5.74) is -0.488. The lowest BCUT2D eigenvalue weighted by Gasteiger charge is -2.31. The molecule has 2 aromatic rings. The number of aliphatic hydroxyl groups is 12. The molecule has 0 saturated carbocycles. The van der Waals surface area contributed by atoms with Gasteiger partial charge in [0.15, 0.2) is 0 Å². The van der Waals surface area contributed by atoms with Crippen LogP contribution in [0.5, 0.6) is 0 Å². The number of benzene rings is 2. The number of carbonyl (C=O) groups excluding carboxylic acids is 6. The maximum atomic E-state index is 14.4. The number of carbonyl (C=O) groups is 6. The van der Waals surface area contributed by atoms with Crippen LogP contribution in [0.4, 0.5) is 11.4 Å². The Morgan fingerprint density at radius 3 is 0.841 bits per heavy atom. The SMILES string of the molecule is CCc1c(C(=O)NC(CO)C(O)CO)c(C)c(C(=O)NC(CO)C(O)CO)c(C)c1N(C)C(=O)CC(=O)N(C)c1c(C)c(C(=O)NC(CO)C(O)CO)c(C)c(C(=O)NC(CO)C(O)CO)c1CC. The topological polar surface area (TPSA) is 400 Å². The van der Waals surface area contributed by atoms with Crippen molar-refractivity contribution in [1.82, 2.24) is 21.3 Å². The molecular formula is C45H70N6O18. The fourth-order valence-electron chi connectivity index (χ4n) is 8.22. The van der Waals surface area contributed by atoms with Gasteiger partial charge in [0, 0.05) is 36.3 Å². The molecule has 24 heteroatoms. The van der Waals surface area contributed by atoms with Gasteiger partial charge in [0.1, 0.15) is 6.42 Å². The number of hydrogen-bond acceptors (Lipinski definition) is 18. The third-order valence-electron chi connectivity index (χ3n) is 12.1. The van der Waals surface area contributed by atoms with Gasteiger partial charge in [-0.25, -0.2) is 0 Å². The molecule has 0 aliphatic rings. The molecule has 24 nitrogen and oxygen atoms in total. The summed E-state index contributed by atoms with van der Waals surface area (Å²) in [6.07, 6.45) is -7.43. The fourth-order valence-corrected chi connectivity index (χ4v) is 8.22. The van der Waals surface area contributed by atoms with Crippen LogP contribution >= 0.6 is 0 Å². The van der Waals surface area contributed by atoms with Crippen molar-refractivity contribution in [2.75, 3.05) is 76.8 Å². The molecule has 8 unspecified atom stereocenters. The van der Waals surface area contributed by atoms with E-state index in [4.69, 9.17) is 0 Å². The van der Waals surface area contributed by atoms with Gasteiger partial charge in [-0.3, -0.25) is 28.8 Å². The molecular weight excluding hydrogens is 913 g/mol. The number of anilines is 2. The predicted octanol–water partition coefficient (Wildman–Crippen LogP) is -5.16. The molecule has 0 heterocycles. The van der Waals surface area contributed by atoms with Gasteiger partial charge in [0.05, 0.1) is 113 Å². The molecule has 0 aliphatic heterocycles. The summed E-state index contributed by atoms with van der Waals surface area (Å²) in [6, 6.07) is -5.60. The number of aliphatic hydroxyl groups excluding tert-OH is 12. The average Bonchev–Trinajstić information content (AvgIpc) is 3.33. The van der Waals surface area contributed by atoms with E-state index in [9.17, 15) is 90.0 Å². The van der Waals surface area contributed by atoms with Gasteiger partial charge >= 0.3 is 0 Å². The number of nitrogens with one attached hydrogen (secondary N) is 4. The van der Waals surface area contributed by atoms with Crippen molar-refractivity contribution in [3.05, 3.63) is 55.6 Å². The number of nitrogens with zero attached hydrogens (tertiary/aromatic N) is 2. The molecule has 2 aromatic carbocycles. The van der Waals surface area contributed by atoms with Crippen molar-refractivity contribution in [3.8, 4) is 0 Å². The van der Waals surface area contributed by atoms with E-state index in [1.807, 2.05) is 0 Å². The first-order valence-corrected chi connectivity index (χ1v) is 22.2. The van der Waals surface area contributed by atoms with E-state index in [2.05, 4.69) is 21.3 Å². The summed E-state index contributed by atoms with van der Waals surface area (Å²) in [5, 5.41) is 129. The van der Waals surface area contributed by atoms with Gasteiger partial charge in [-0.05, 0) is 73.9 Å². The van der Waals surface area contributed by atoms with Crippen LogP contribution in [0, 0.1) is 27.7 Å². The molecule has 0 saturated heterocycles. The van der Waals surface area contributed by atoms with E-state index < -0.39 is 143 Å². The molecule has 16 N–H and O–H groups in total.